The first-order valence-electron chi connectivity index (χ1n) is 11.5. The SMILES string of the molecule is CCc1cccc(CC)c1-c1cc(C)c(CN(C)C2CCOc3ccccc32)c(C)n1. The van der Waals surface area contributed by atoms with Crippen LogP contribution in [0.2, 0.25) is 0 Å². The Bertz CT molecular complexity index is 1030. The molecule has 1 aromatic heterocycles. The molecule has 2 heterocycles. The number of para-hydroxylation sites is 1. The van der Waals surface area contributed by atoms with Crippen molar-refractivity contribution in [2.45, 2.75) is 59.5 Å². The van der Waals surface area contributed by atoms with Crippen molar-refractivity contribution in [3.05, 3.63) is 82.0 Å². The maximum absolute atomic E-state index is 5.87. The molecule has 0 amide bonds. The van der Waals surface area contributed by atoms with Gasteiger partial charge in [-0.05, 0) is 68.1 Å². The van der Waals surface area contributed by atoms with Crippen LogP contribution in [0.5, 0.6) is 5.75 Å². The van der Waals surface area contributed by atoms with Gasteiger partial charge in [-0.1, -0.05) is 50.2 Å². The van der Waals surface area contributed by atoms with Gasteiger partial charge < -0.3 is 4.74 Å². The smallest absolute Gasteiger partial charge is 0.124 e. The maximum Gasteiger partial charge on any atom is 0.124 e. The highest BCUT2D eigenvalue weighted by Crippen LogP contribution is 2.36. The Labute approximate surface area is 187 Å². The van der Waals surface area contributed by atoms with Gasteiger partial charge >= 0.3 is 0 Å². The second kappa shape index (κ2) is 9.23. The van der Waals surface area contributed by atoms with Gasteiger partial charge in [0.2, 0.25) is 0 Å². The number of fused-ring (bicyclic) bond motifs is 1. The zero-order valence-corrected chi connectivity index (χ0v) is 19.5. The Hall–Kier alpha value is -2.65. The van der Waals surface area contributed by atoms with Crippen LogP contribution in [0.25, 0.3) is 11.3 Å². The van der Waals surface area contributed by atoms with E-state index < -0.39 is 0 Å². The van der Waals surface area contributed by atoms with Crippen molar-refractivity contribution in [2.75, 3.05) is 13.7 Å². The Morgan fingerprint density at radius 2 is 1.71 bits per heavy atom. The number of benzene rings is 2. The highest BCUT2D eigenvalue weighted by atomic mass is 16.5. The highest BCUT2D eigenvalue weighted by molar-refractivity contribution is 5.69. The van der Waals surface area contributed by atoms with E-state index in [1.54, 1.807) is 0 Å². The standard InChI is InChI=1S/C28H34N2O/c1-6-21-11-10-12-22(7-2)28(21)25-17-19(3)24(20(4)29-25)18-30(5)26-15-16-31-27-14-9-8-13-23(26)27/h8-14,17,26H,6-7,15-16,18H2,1-5H3. The molecule has 4 rings (SSSR count). The van der Waals surface area contributed by atoms with Gasteiger partial charge in [0.15, 0.2) is 0 Å². The van der Waals surface area contributed by atoms with Gasteiger partial charge in [0.1, 0.15) is 5.75 Å². The summed E-state index contributed by atoms with van der Waals surface area (Å²) in [4.78, 5) is 7.57. The van der Waals surface area contributed by atoms with Crippen LogP contribution in [0, 0.1) is 13.8 Å². The van der Waals surface area contributed by atoms with E-state index in [0.29, 0.717) is 6.04 Å². The molecule has 2 aromatic carbocycles. The third-order valence-electron chi connectivity index (χ3n) is 6.68. The number of hydrogen-bond acceptors (Lipinski definition) is 3. The minimum Gasteiger partial charge on any atom is -0.493 e. The first-order valence-corrected chi connectivity index (χ1v) is 11.5. The monoisotopic (exact) mass is 414 g/mol. The predicted molar refractivity (Wildman–Crippen MR) is 129 cm³/mol. The molecule has 0 N–H and O–H groups in total. The highest BCUT2D eigenvalue weighted by Gasteiger charge is 2.25. The van der Waals surface area contributed by atoms with E-state index in [4.69, 9.17) is 9.72 Å². The summed E-state index contributed by atoms with van der Waals surface area (Å²) in [6, 6.07) is 17.8. The van der Waals surface area contributed by atoms with Crippen LogP contribution in [-0.2, 0) is 19.4 Å². The first kappa shape index (κ1) is 21.6. The van der Waals surface area contributed by atoms with Crippen molar-refractivity contribution >= 4 is 0 Å². The van der Waals surface area contributed by atoms with Crippen LogP contribution in [-0.4, -0.2) is 23.5 Å². The van der Waals surface area contributed by atoms with Crippen LogP contribution in [0.4, 0.5) is 0 Å². The number of rotatable bonds is 6. The summed E-state index contributed by atoms with van der Waals surface area (Å²) < 4.78 is 5.87. The molecule has 0 saturated carbocycles. The summed E-state index contributed by atoms with van der Waals surface area (Å²) in [6.45, 7) is 10.5. The van der Waals surface area contributed by atoms with E-state index in [9.17, 15) is 0 Å². The number of aromatic nitrogens is 1. The van der Waals surface area contributed by atoms with Crippen molar-refractivity contribution in [3.8, 4) is 17.0 Å². The van der Waals surface area contributed by atoms with E-state index in [0.717, 1.165) is 49.6 Å². The zero-order chi connectivity index (χ0) is 22.0. The number of hydrogen-bond donors (Lipinski definition) is 0. The average molecular weight is 415 g/mol. The van der Waals surface area contributed by atoms with Crippen molar-refractivity contribution < 1.29 is 4.74 Å². The third-order valence-corrected chi connectivity index (χ3v) is 6.68. The van der Waals surface area contributed by atoms with Crippen LogP contribution in [0.3, 0.4) is 0 Å². The van der Waals surface area contributed by atoms with Crippen molar-refractivity contribution in [2.24, 2.45) is 0 Å². The number of pyridine rings is 1. The molecule has 0 fully saturated rings. The van der Waals surface area contributed by atoms with E-state index in [1.807, 2.05) is 0 Å². The van der Waals surface area contributed by atoms with E-state index in [-0.39, 0.29) is 0 Å². The normalized spacial score (nSPS) is 15.6. The topological polar surface area (TPSA) is 25.4 Å². The lowest BCUT2D eigenvalue weighted by Gasteiger charge is -2.33. The molecule has 0 spiro atoms. The molecule has 3 heteroatoms. The van der Waals surface area contributed by atoms with Crippen LogP contribution in [0.1, 0.15) is 59.8 Å². The summed E-state index contributed by atoms with van der Waals surface area (Å²) in [6.07, 6.45) is 3.06. The molecule has 0 radical (unpaired) electrons. The van der Waals surface area contributed by atoms with Crippen LogP contribution >= 0.6 is 0 Å². The Morgan fingerprint density at radius 1 is 1.00 bits per heavy atom. The lowest BCUT2D eigenvalue weighted by Crippen LogP contribution is -2.29. The fraction of sp³-hybridized carbons (Fsp3) is 0.393. The average Bonchev–Trinajstić information content (AvgIpc) is 2.80. The molecule has 0 saturated heterocycles. The lowest BCUT2D eigenvalue weighted by molar-refractivity contribution is 0.160. The lowest BCUT2D eigenvalue weighted by atomic mass is 9.93. The quantitative estimate of drug-likeness (QED) is 0.464. The van der Waals surface area contributed by atoms with E-state index in [2.05, 4.69) is 88.2 Å². The largest absolute Gasteiger partial charge is 0.493 e. The molecule has 3 aromatic rings. The van der Waals surface area contributed by atoms with Gasteiger partial charge in [-0.2, -0.15) is 0 Å². The minimum atomic E-state index is 0.371. The fourth-order valence-electron chi connectivity index (χ4n) is 4.94. The number of nitrogens with zero attached hydrogens (tertiary/aromatic N) is 2. The minimum absolute atomic E-state index is 0.371. The predicted octanol–water partition coefficient (Wildman–Crippen LogP) is 6.45. The fourth-order valence-corrected chi connectivity index (χ4v) is 4.94. The van der Waals surface area contributed by atoms with Crippen molar-refractivity contribution in [3.63, 3.8) is 0 Å². The molecule has 3 nitrogen and oxygen atoms in total. The van der Waals surface area contributed by atoms with Gasteiger partial charge in [0.05, 0.1) is 12.3 Å². The summed E-state index contributed by atoms with van der Waals surface area (Å²) in [5, 5.41) is 0. The number of ether oxygens (including phenoxy) is 1. The van der Waals surface area contributed by atoms with E-state index >= 15 is 0 Å². The van der Waals surface area contributed by atoms with Gasteiger partial charge in [0.25, 0.3) is 0 Å². The molecular formula is C28H34N2O. The molecule has 1 atom stereocenters. The van der Waals surface area contributed by atoms with Crippen molar-refractivity contribution in [1.82, 2.24) is 9.88 Å². The molecule has 1 unspecified atom stereocenters. The molecule has 1 aliphatic rings. The second-order valence-corrected chi connectivity index (χ2v) is 8.65. The molecule has 0 bridgehead atoms. The first-order chi connectivity index (χ1) is 15.0. The van der Waals surface area contributed by atoms with Crippen LogP contribution in [0.15, 0.2) is 48.5 Å². The molecule has 0 aliphatic carbocycles. The molecule has 162 valence electrons. The van der Waals surface area contributed by atoms with Crippen molar-refractivity contribution in [1.29, 1.82) is 0 Å². The van der Waals surface area contributed by atoms with E-state index in [1.165, 1.54) is 33.4 Å². The van der Waals surface area contributed by atoms with Gasteiger partial charge in [0, 0.05) is 35.8 Å². The maximum atomic E-state index is 5.87. The zero-order valence-electron chi connectivity index (χ0n) is 19.5. The Morgan fingerprint density at radius 3 is 2.39 bits per heavy atom. The Kier molecular flexibility index (Phi) is 6.43. The summed E-state index contributed by atoms with van der Waals surface area (Å²) in [7, 11) is 2.22. The van der Waals surface area contributed by atoms with Gasteiger partial charge in [-0.3, -0.25) is 9.88 Å². The molecule has 31 heavy (non-hydrogen) atoms. The summed E-state index contributed by atoms with van der Waals surface area (Å²) in [5.74, 6) is 1.02. The number of aryl methyl sites for hydroxylation is 4. The summed E-state index contributed by atoms with van der Waals surface area (Å²) in [5.41, 5.74) is 10.3. The Balaban J connectivity index is 1.66. The van der Waals surface area contributed by atoms with Gasteiger partial charge in [-0.25, -0.2) is 0 Å². The van der Waals surface area contributed by atoms with Crippen LogP contribution < -0.4 is 4.74 Å². The summed E-state index contributed by atoms with van der Waals surface area (Å²) >= 11 is 0. The second-order valence-electron chi connectivity index (χ2n) is 8.65. The van der Waals surface area contributed by atoms with Gasteiger partial charge in [-0.15, -0.1) is 0 Å². The third kappa shape index (κ3) is 4.24. The molecular weight excluding hydrogens is 380 g/mol. The molecule has 1 aliphatic heterocycles.